The van der Waals surface area contributed by atoms with E-state index in [9.17, 15) is 9.90 Å². The number of aromatic hydroxyl groups is 1. The maximum Gasteiger partial charge on any atom is 0.200 e. The van der Waals surface area contributed by atoms with Gasteiger partial charge in [-0.2, -0.15) is 0 Å². The highest BCUT2D eigenvalue weighted by atomic mass is 35.5. The van der Waals surface area contributed by atoms with Crippen molar-refractivity contribution < 1.29 is 9.52 Å². The Morgan fingerprint density at radius 3 is 2.59 bits per heavy atom. The minimum Gasteiger partial charge on any atom is -0.507 e. The summed E-state index contributed by atoms with van der Waals surface area (Å²) in [6, 6.07) is 10.4. The largest absolute Gasteiger partial charge is 0.507 e. The SMILES string of the molecule is CCCCN(CC)Cc1c(O)ccc2c(=O)c(-c3ccccc3Cl)coc12. The van der Waals surface area contributed by atoms with Crippen LogP contribution in [0.4, 0.5) is 0 Å². The molecule has 0 unspecified atom stereocenters. The molecule has 142 valence electrons. The average molecular weight is 386 g/mol. The molecule has 0 aliphatic heterocycles. The van der Waals surface area contributed by atoms with Crippen molar-refractivity contribution in [3.05, 3.63) is 63.5 Å². The Kier molecular flexibility index (Phi) is 6.19. The molecule has 0 atom stereocenters. The average Bonchev–Trinajstić information content (AvgIpc) is 2.67. The zero-order valence-electron chi connectivity index (χ0n) is 15.7. The van der Waals surface area contributed by atoms with Gasteiger partial charge < -0.3 is 9.52 Å². The number of halogens is 1. The minimum absolute atomic E-state index is 0.145. The number of phenols is 1. The molecule has 3 rings (SSSR count). The zero-order valence-corrected chi connectivity index (χ0v) is 16.4. The van der Waals surface area contributed by atoms with Crippen molar-refractivity contribution in [1.29, 1.82) is 0 Å². The van der Waals surface area contributed by atoms with Crippen LogP contribution < -0.4 is 5.43 Å². The normalized spacial score (nSPS) is 11.4. The van der Waals surface area contributed by atoms with Crippen LogP contribution in [0, 0.1) is 0 Å². The Morgan fingerprint density at radius 2 is 1.89 bits per heavy atom. The van der Waals surface area contributed by atoms with E-state index in [-0.39, 0.29) is 11.2 Å². The molecule has 5 heteroatoms. The molecule has 27 heavy (non-hydrogen) atoms. The molecule has 0 spiro atoms. The van der Waals surface area contributed by atoms with E-state index in [0.717, 1.165) is 25.9 Å². The summed E-state index contributed by atoms with van der Waals surface area (Å²) >= 11 is 6.25. The van der Waals surface area contributed by atoms with Gasteiger partial charge in [0, 0.05) is 17.1 Å². The Hall–Kier alpha value is -2.30. The van der Waals surface area contributed by atoms with Gasteiger partial charge >= 0.3 is 0 Å². The summed E-state index contributed by atoms with van der Waals surface area (Å²) in [6.07, 6.45) is 3.63. The van der Waals surface area contributed by atoms with E-state index in [1.54, 1.807) is 24.3 Å². The Bertz CT molecular complexity index is 997. The standard InChI is InChI=1S/C22H24ClNO3/c1-3-5-12-24(4-2)13-17-20(25)11-10-16-21(26)18(14-27-22(16)17)15-8-6-7-9-19(15)23/h6-11,14,25H,3-5,12-13H2,1-2H3. The van der Waals surface area contributed by atoms with E-state index in [2.05, 4.69) is 18.7 Å². The molecule has 0 aliphatic rings. The molecule has 0 saturated carbocycles. The maximum atomic E-state index is 13.1. The molecule has 1 N–H and O–H groups in total. The fraction of sp³-hybridized carbons (Fsp3) is 0.318. The Morgan fingerprint density at radius 1 is 1.11 bits per heavy atom. The molecular formula is C22H24ClNO3. The van der Waals surface area contributed by atoms with Crippen LogP contribution in [0.25, 0.3) is 22.1 Å². The van der Waals surface area contributed by atoms with Gasteiger partial charge in [-0.15, -0.1) is 0 Å². The molecule has 2 aromatic carbocycles. The second-order valence-electron chi connectivity index (χ2n) is 6.62. The van der Waals surface area contributed by atoms with Gasteiger partial charge in [-0.25, -0.2) is 0 Å². The second-order valence-corrected chi connectivity index (χ2v) is 7.03. The van der Waals surface area contributed by atoms with Crippen molar-refractivity contribution in [3.8, 4) is 16.9 Å². The highest BCUT2D eigenvalue weighted by molar-refractivity contribution is 6.33. The Balaban J connectivity index is 2.09. The first-order valence-corrected chi connectivity index (χ1v) is 9.68. The third-order valence-electron chi connectivity index (χ3n) is 4.84. The van der Waals surface area contributed by atoms with Gasteiger partial charge in [-0.05, 0) is 37.7 Å². The van der Waals surface area contributed by atoms with E-state index in [1.807, 2.05) is 12.1 Å². The summed E-state index contributed by atoms with van der Waals surface area (Å²) in [7, 11) is 0. The monoisotopic (exact) mass is 385 g/mol. The van der Waals surface area contributed by atoms with Gasteiger partial charge in [-0.1, -0.05) is 50.1 Å². The smallest absolute Gasteiger partial charge is 0.200 e. The second kappa shape index (κ2) is 8.59. The lowest BCUT2D eigenvalue weighted by Crippen LogP contribution is -2.24. The molecular weight excluding hydrogens is 362 g/mol. The number of rotatable bonds is 7. The van der Waals surface area contributed by atoms with Gasteiger partial charge in [0.15, 0.2) is 0 Å². The van der Waals surface area contributed by atoms with E-state index in [1.165, 1.54) is 6.26 Å². The minimum atomic E-state index is -0.151. The number of fused-ring (bicyclic) bond motifs is 1. The maximum absolute atomic E-state index is 13.1. The quantitative estimate of drug-likeness (QED) is 0.588. The molecule has 0 amide bonds. The topological polar surface area (TPSA) is 53.7 Å². The molecule has 0 bridgehead atoms. The molecule has 1 aromatic heterocycles. The highest BCUT2D eigenvalue weighted by Crippen LogP contribution is 2.31. The van der Waals surface area contributed by atoms with Crippen LogP contribution in [-0.4, -0.2) is 23.1 Å². The van der Waals surface area contributed by atoms with Crippen LogP contribution >= 0.6 is 11.6 Å². The number of phenolic OH excluding ortho intramolecular Hbond substituents is 1. The van der Waals surface area contributed by atoms with Crippen molar-refractivity contribution in [2.24, 2.45) is 0 Å². The van der Waals surface area contributed by atoms with Crippen molar-refractivity contribution in [2.75, 3.05) is 13.1 Å². The van der Waals surface area contributed by atoms with E-state index in [4.69, 9.17) is 16.0 Å². The fourth-order valence-electron chi connectivity index (χ4n) is 3.22. The lowest BCUT2D eigenvalue weighted by atomic mass is 10.0. The summed E-state index contributed by atoms with van der Waals surface area (Å²) in [5.74, 6) is 0.145. The van der Waals surface area contributed by atoms with Crippen molar-refractivity contribution in [2.45, 2.75) is 33.2 Å². The summed E-state index contributed by atoms with van der Waals surface area (Å²) in [6.45, 7) is 6.57. The zero-order chi connectivity index (χ0) is 19.4. The molecule has 0 radical (unpaired) electrons. The first-order valence-electron chi connectivity index (χ1n) is 9.30. The Labute approximate surface area is 164 Å². The van der Waals surface area contributed by atoms with Crippen molar-refractivity contribution >= 4 is 22.6 Å². The third kappa shape index (κ3) is 4.02. The van der Waals surface area contributed by atoms with Gasteiger partial charge in [0.2, 0.25) is 5.43 Å². The van der Waals surface area contributed by atoms with Gasteiger partial charge in [-0.3, -0.25) is 9.69 Å². The number of hydrogen-bond acceptors (Lipinski definition) is 4. The molecule has 1 heterocycles. The third-order valence-corrected chi connectivity index (χ3v) is 5.17. The summed E-state index contributed by atoms with van der Waals surface area (Å²) in [5.41, 5.74) is 1.99. The summed E-state index contributed by atoms with van der Waals surface area (Å²) in [4.78, 5) is 15.3. The van der Waals surface area contributed by atoms with Crippen molar-refractivity contribution in [1.82, 2.24) is 4.90 Å². The predicted octanol–water partition coefficient (Wildman–Crippen LogP) is 5.44. The predicted molar refractivity (Wildman–Crippen MR) is 110 cm³/mol. The lowest BCUT2D eigenvalue weighted by Gasteiger charge is -2.21. The van der Waals surface area contributed by atoms with Crippen LogP contribution in [0.15, 0.2) is 51.9 Å². The molecule has 0 aliphatic carbocycles. The van der Waals surface area contributed by atoms with Gasteiger partial charge in [0.1, 0.15) is 17.6 Å². The number of benzene rings is 2. The van der Waals surface area contributed by atoms with Crippen molar-refractivity contribution in [3.63, 3.8) is 0 Å². The van der Waals surface area contributed by atoms with E-state index >= 15 is 0 Å². The van der Waals surface area contributed by atoms with Crippen LogP contribution in [0.5, 0.6) is 5.75 Å². The number of unbranched alkanes of at least 4 members (excludes halogenated alkanes) is 1. The summed E-state index contributed by atoms with van der Waals surface area (Å²) in [5, 5.41) is 11.3. The van der Waals surface area contributed by atoms with Crippen LogP contribution in [0.1, 0.15) is 32.3 Å². The van der Waals surface area contributed by atoms with Crippen LogP contribution in [0.2, 0.25) is 5.02 Å². The molecule has 3 aromatic rings. The highest BCUT2D eigenvalue weighted by Gasteiger charge is 2.17. The number of hydrogen-bond donors (Lipinski definition) is 1. The van der Waals surface area contributed by atoms with Crippen LogP contribution in [-0.2, 0) is 6.54 Å². The first-order chi connectivity index (χ1) is 13.1. The van der Waals surface area contributed by atoms with Crippen LogP contribution in [0.3, 0.4) is 0 Å². The first kappa shape index (κ1) is 19.5. The number of nitrogens with zero attached hydrogens (tertiary/aromatic N) is 1. The summed E-state index contributed by atoms with van der Waals surface area (Å²) < 4.78 is 5.85. The van der Waals surface area contributed by atoms with E-state index < -0.39 is 0 Å². The molecule has 0 fully saturated rings. The van der Waals surface area contributed by atoms with Gasteiger partial charge in [0.25, 0.3) is 0 Å². The molecule has 0 saturated heterocycles. The fourth-order valence-corrected chi connectivity index (χ4v) is 3.46. The van der Waals surface area contributed by atoms with Gasteiger partial charge in [0.05, 0.1) is 16.5 Å². The van der Waals surface area contributed by atoms with E-state index in [0.29, 0.717) is 39.2 Å². The molecule has 4 nitrogen and oxygen atoms in total. The lowest BCUT2D eigenvalue weighted by molar-refractivity contribution is 0.271.